The van der Waals surface area contributed by atoms with Gasteiger partial charge in [-0.1, -0.05) is 15.9 Å². The van der Waals surface area contributed by atoms with Gasteiger partial charge in [0.05, 0.1) is 6.61 Å². The molecule has 1 N–H and O–H groups in total. The molecule has 1 aliphatic rings. The zero-order valence-electron chi connectivity index (χ0n) is 9.62. The van der Waals surface area contributed by atoms with Crippen molar-refractivity contribution in [1.82, 2.24) is 5.32 Å². The Kier molecular flexibility index (Phi) is 4.57. The zero-order chi connectivity index (χ0) is 12.1. The first-order valence-corrected chi connectivity index (χ1v) is 6.67. The molecular weight excluding hydrogens is 282 g/mol. The maximum absolute atomic E-state index is 11.3. The summed E-state index contributed by atoms with van der Waals surface area (Å²) in [5, 5.41) is 3.34. The van der Waals surface area contributed by atoms with Gasteiger partial charge in [-0.3, -0.25) is 4.79 Å². The fourth-order valence-electron chi connectivity index (χ4n) is 1.92. The summed E-state index contributed by atoms with van der Waals surface area (Å²) < 4.78 is 6.67. The number of hydrogen-bond acceptors (Lipinski definition) is 3. The predicted molar refractivity (Wildman–Crippen MR) is 70.3 cm³/mol. The summed E-state index contributed by atoms with van der Waals surface area (Å²) in [7, 11) is 0. The van der Waals surface area contributed by atoms with Crippen LogP contribution < -0.4 is 10.1 Å². The number of carbonyl (C=O) groups is 1. The molecule has 0 amide bonds. The standard InChI is InChI=1S/C13H16BrNO2/c14-10-1-3-13(4-2-10)17-8-6-11-9-12(16)5-7-15-11/h1-4,11,15H,5-9H2. The minimum Gasteiger partial charge on any atom is -0.494 e. The van der Waals surface area contributed by atoms with Crippen LogP contribution in [-0.2, 0) is 4.79 Å². The van der Waals surface area contributed by atoms with Gasteiger partial charge in [-0.15, -0.1) is 0 Å². The fourth-order valence-corrected chi connectivity index (χ4v) is 2.18. The molecule has 0 bridgehead atoms. The highest BCUT2D eigenvalue weighted by Gasteiger charge is 2.18. The van der Waals surface area contributed by atoms with Gasteiger partial charge in [-0.2, -0.15) is 0 Å². The number of Topliss-reactive ketones (excluding diaryl/α,β-unsaturated/α-hetero) is 1. The van der Waals surface area contributed by atoms with E-state index in [-0.39, 0.29) is 6.04 Å². The summed E-state index contributed by atoms with van der Waals surface area (Å²) in [6.07, 6.45) is 2.19. The lowest BCUT2D eigenvalue weighted by Crippen LogP contribution is -2.39. The summed E-state index contributed by atoms with van der Waals surface area (Å²) in [5.41, 5.74) is 0. The van der Waals surface area contributed by atoms with E-state index < -0.39 is 0 Å². The number of hydrogen-bond donors (Lipinski definition) is 1. The fraction of sp³-hybridized carbons (Fsp3) is 0.462. The second-order valence-corrected chi connectivity index (χ2v) is 5.15. The Balaban J connectivity index is 1.72. The molecule has 1 unspecified atom stereocenters. The topological polar surface area (TPSA) is 38.3 Å². The molecule has 0 aromatic heterocycles. The predicted octanol–water partition coefficient (Wildman–Crippen LogP) is 2.54. The summed E-state index contributed by atoms with van der Waals surface area (Å²) in [5.74, 6) is 1.23. The molecule has 1 aliphatic heterocycles. The third-order valence-corrected chi connectivity index (χ3v) is 3.39. The largest absolute Gasteiger partial charge is 0.494 e. The smallest absolute Gasteiger partial charge is 0.135 e. The van der Waals surface area contributed by atoms with Crippen molar-refractivity contribution < 1.29 is 9.53 Å². The van der Waals surface area contributed by atoms with E-state index in [4.69, 9.17) is 4.74 Å². The lowest BCUT2D eigenvalue weighted by molar-refractivity contribution is -0.120. The van der Waals surface area contributed by atoms with Crippen molar-refractivity contribution in [1.29, 1.82) is 0 Å². The van der Waals surface area contributed by atoms with E-state index in [1.807, 2.05) is 24.3 Å². The molecule has 3 nitrogen and oxygen atoms in total. The average Bonchev–Trinajstić information content (AvgIpc) is 2.32. The minimum absolute atomic E-state index is 0.284. The Hall–Kier alpha value is -0.870. The van der Waals surface area contributed by atoms with Gasteiger partial charge in [0, 0.05) is 29.9 Å². The molecule has 0 spiro atoms. The Bertz CT molecular complexity index is 378. The summed E-state index contributed by atoms with van der Waals surface area (Å²) in [6, 6.07) is 8.06. The van der Waals surface area contributed by atoms with E-state index in [2.05, 4.69) is 21.2 Å². The number of benzene rings is 1. The van der Waals surface area contributed by atoms with Gasteiger partial charge >= 0.3 is 0 Å². The van der Waals surface area contributed by atoms with Crippen LogP contribution in [-0.4, -0.2) is 25.0 Å². The molecular formula is C13H16BrNO2. The normalized spacial score (nSPS) is 20.3. The zero-order valence-corrected chi connectivity index (χ0v) is 11.2. The Morgan fingerprint density at radius 2 is 2.12 bits per heavy atom. The van der Waals surface area contributed by atoms with Crippen molar-refractivity contribution in [3.63, 3.8) is 0 Å². The molecule has 4 heteroatoms. The van der Waals surface area contributed by atoms with Crippen LogP contribution in [0.25, 0.3) is 0 Å². The van der Waals surface area contributed by atoms with Gasteiger partial charge in [0.2, 0.25) is 0 Å². The van der Waals surface area contributed by atoms with Gasteiger partial charge in [-0.25, -0.2) is 0 Å². The van der Waals surface area contributed by atoms with E-state index >= 15 is 0 Å². The van der Waals surface area contributed by atoms with E-state index in [0.29, 0.717) is 25.2 Å². The monoisotopic (exact) mass is 297 g/mol. The molecule has 0 aliphatic carbocycles. The van der Waals surface area contributed by atoms with Crippen molar-refractivity contribution in [2.75, 3.05) is 13.2 Å². The van der Waals surface area contributed by atoms with Crippen LogP contribution in [0.4, 0.5) is 0 Å². The molecule has 1 fully saturated rings. The molecule has 0 saturated carbocycles. The van der Waals surface area contributed by atoms with E-state index in [1.54, 1.807) is 0 Å². The molecule has 1 aromatic carbocycles. The Morgan fingerprint density at radius 1 is 1.35 bits per heavy atom. The van der Waals surface area contributed by atoms with Gasteiger partial charge in [0.25, 0.3) is 0 Å². The number of rotatable bonds is 4. The summed E-state index contributed by atoms with van der Waals surface area (Å²) >= 11 is 3.38. The number of piperidine rings is 1. The van der Waals surface area contributed by atoms with Crippen molar-refractivity contribution >= 4 is 21.7 Å². The Labute approximate surface area is 110 Å². The molecule has 1 atom stereocenters. The third kappa shape index (κ3) is 4.13. The highest BCUT2D eigenvalue weighted by molar-refractivity contribution is 9.10. The number of ether oxygens (including phenoxy) is 1. The number of halogens is 1. The average molecular weight is 298 g/mol. The SMILES string of the molecule is O=C1CCNC(CCOc2ccc(Br)cc2)C1. The molecule has 1 heterocycles. The molecule has 2 rings (SSSR count). The van der Waals surface area contributed by atoms with Crippen LogP contribution in [0.15, 0.2) is 28.7 Å². The second kappa shape index (κ2) is 6.17. The second-order valence-electron chi connectivity index (χ2n) is 4.23. The third-order valence-electron chi connectivity index (χ3n) is 2.86. The molecule has 1 aromatic rings. The van der Waals surface area contributed by atoms with Crippen LogP contribution in [0.5, 0.6) is 5.75 Å². The first kappa shape index (κ1) is 12.6. The molecule has 92 valence electrons. The van der Waals surface area contributed by atoms with Crippen molar-refractivity contribution in [3.05, 3.63) is 28.7 Å². The highest BCUT2D eigenvalue weighted by atomic mass is 79.9. The number of nitrogens with one attached hydrogen (secondary N) is 1. The Morgan fingerprint density at radius 3 is 2.82 bits per heavy atom. The molecule has 0 radical (unpaired) electrons. The van der Waals surface area contributed by atoms with E-state index in [1.165, 1.54) is 0 Å². The van der Waals surface area contributed by atoms with Crippen molar-refractivity contribution in [2.45, 2.75) is 25.3 Å². The van der Waals surface area contributed by atoms with Crippen LogP contribution in [0.1, 0.15) is 19.3 Å². The van der Waals surface area contributed by atoms with Crippen LogP contribution in [0.2, 0.25) is 0 Å². The molecule has 17 heavy (non-hydrogen) atoms. The number of carbonyl (C=O) groups excluding carboxylic acids is 1. The quantitative estimate of drug-likeness (QED) is 0.928. The van der Waals surface area contributed by atoms with Gasteiger partial charge in [-0.05, 0) is 30.7 Å². The minimum atomic E-state index is 0.284. The van der Waals surface area contributed by atoms with E-state index in [9.17, 15) is 4.79 Å². The first-order valence-electron chi connectivity index (χ1n) is 5.87. The number of ketones is 1. The van der Waals surface area contributed by atoms with Crippen LogP contribution in [0.3, 0.4) is 0 Å². The van der Waals surface area contributed by atoms with E-state index in [0.717, 1.165) is 23.2 Å². The van der Waals surface area contributed by atoms with Crippen molar-refractivity contribution in [3.8, 4) is 5.75 Å². The maximum Gasteiger partial charge on any atom is 0.135 e. The van der Waals surface area contributed by atoms with Crippen LogP contribution >= 0.6 is 15.9 Å². The summed E-state index contributed by atoms with van der Waals surface area (Å²) in [4.78, 5) is 11.3. The maximum atomic E-state index is 11.3. The van der Waals surface area contributed by atoms with Gasteiger partial charge in [0.15, 0.2) is 0 Å². The lowest BCUT2D eigenvalue weighted by Gasteiger charge is -2.22. The highest BCUT2D eigenvalue weighted by Crippen LogP contribution is 2.16. The van der Waals surface area contributed by atoms with Gasteiger partial charge in [0.1, 0.15) is 11.5 Å². The molecule has 1 saturated heterocycles. The lowest BCUT2D eigenvalue weighted by atomic mass is 10.0. The van der Waals surface area contributed by atoms with Crippen molar-refractivity contribution in [2.24, 2.45) is 0 Å². The van der Waals surface area contributed by atoms with Crippen LogP contribution in [0, 0.1) is 0 Å². The summed E-state index contributed by atoms with van der Waals surface area (Å²) in [6.45, 7) is 1.45. The first-order chi connectivity index (χ1) is 8.24. The van der Waals surface area contributed by atoms with Gasteiger partial charge < -0.3 is 10.1 Å².